The summed E-state index contributed by atoms with van der Waals surface area (Å²) in [6, 6.07) is 3.98. The maximum Gasteiger partial charge on any atom is 0.254 e. The number of nitrogens with one attached hydrogen (secondary N) is 1. The SMILES string of the molecule is O=C(NC[C@@H](CO)[C@@H]1CCOC1)c1c(-n2cccc2)sc2c1CCCC2. The molecule has 4 rings (SSSR count). The number of hydrogen-bond acceptors (Lipinski definition) is 4. The average Bonchev–Trinajstić information content (AvgIpc) is 3.41. The molecule has 3 heterocycles. The number of carbonyl (C=O) groups is 1. The molecule has 140 valence electrons. The third-order valence-electron chi connectivity index (χ3n) is 5.61. The van der Waals surface area contributed by atoms with E-state index in [1.54, 1.807) is 11.3 Å². The van der Waals surface area contributed by atoms with Gasteiger partial charge in [-0.3, -0.25) is 4.79 Å². The molecule has 1 saturated heterocycles. The summed E-state index contributed by atoms with van der Waals surface area (Å²) in [5.41, 5.74) is 2.06. The van der Waals surface area contributed by atoms with Gasteiger partial charge in [0.05, 0.1) is 5.56 Å². The molecule has 2 atom stereocenters. The van der Waals surface area contributed by atoms with Crippen LogP contribution in [-0.4, -0.2) is 41.9 Å². The molecule has 1 aliphatic carbocycles. The molecule has 5 nitrogen and oxygen atoms in total. The zero-order valence-corrected chi connectivity index (χ0v) is 15.8. The summed E-state index contributed by atoms with van der Waals surface area (Å²) < 4.78 is 7.48. The van der Waals surface area contributed by atoms with E-state index in [0.29, 0.717) is 19.1 Å². The molecule has 1 aliphatic heterocycles. The van der Waals surface area contributed by atoms with Gasteiger partial charge in [-0.05, 0) is 55.7 Å². The number of nitrogens with zero attached hydrogens (tertiary/aromatic N) is 1. The molecule has 1 amide bonds. The molecule has 2 N–H and O–H groups in total. The largest absolute Gasteiger partial charge is 0.396 e. The van der Waals surface area contributed by atoms with E-state index in [4.69, 9.17) is 4.74 Å². The Kier molecular flexibility index (Phi) is 5.43. The van der Waals surface area contributed by atoms with Gasteiger partial charge >= 0.3 is 0 Å². The standard InChI is InChI=1S/C20H26N2O3S/c23-12-15(14-7-10-25-13-14)11-21-19(24)18-16-5-1-2-6-17(16)26-20(18)22-8-3-4-9-22/h3-4,8-9,14-15,23H,1-2,5-7,10-13H2,(H,21,24)/t14-,15+/m1/s1. The van der Waals surface area contributed by atoms with E-state index in [2.05, 4.69) is 5.32 Å². The van der Waals surface area contributed by atoms with E-state index in [-0.39, 0.29) is 18.4 Å². The molecule has 0 bridgehead atoms. The van der Waals surface area contributed by atoms with Crippen molar-refractivity contribution < 1.29 is 14.6 Å². The van der Waals surface area contributed by atoms with E-state index in [1.807, 2.05) is 29.1 Å². The highest BCUT2D eigenvalue weighted by Crippen LogP contribution is 2.37. The Morgan fingerprint density at radius 2 is 2.15 bits per heavy atom. The molecule has 0 saturated carbocycles. The van der Waals surface area contributed by atoms with Crippen LogP contribution in [0.3, 0.4) is 0 Å². The van der Waals surface area contributed by atoms with E-state index in [0.717, 1.165) is 42.9 Å². The lowest BCUT2D eigenvalue weighted by Crippen LogP contribution is -2.35. The van der Waals surface area contributed by atoms with Gasteiger partial charge in [-0.15, -0.1) is 11.3 Å². The normalized spacial score (nSPS) is 20.7. The number of hydrogen-bond donors (Lipinski definition) is 2. The number of ether oxygens (including phenoxy) is 1. The summed E-state index contributed by atoms with van der Waals surface area (Å²) >= 11 is 1.75. The van der Waals surface area contributed by atoms with Crippen molar-refractivity contribution in [1.82, 2.24) is 9.88 Å². The summed E-state index contributed by atoms with van der Waals surface area (Å²) in [5.74, 6) is 0.386. The molecule has 2 aromatic heterocycles. The van der Waals surface area contributed by atoms with Crippen LogP contribution in [0.4, 0.5) is 0 Å². The Morgan fingerprint density at radius 1 is 1.35 bits per heavy atom. The number of aliphatic hydroxyl groups excluding tert-OH is 1. The summed E-state index contributed by atoms with van der Waals surface area (Å²) in [4.78, 5) is 14.5. The van der Waals surface area contributed by atoms with Crippen molar-refractivity contribution in [2.45, 2.75) is 32.1 Å². The van der Waals surface area contributed by atoms with Gasteiger partial charge in [0, 0.05) is 49.6 Å². The molecule has 0 radical (unpaired) electrons. The maximum absolute atomic E-state index is 13.1. The topological polar surface area (TPSA) is 63.5 Å². The first-order valence-corrected chi connectivity index (χ1v) is 10.3. The molecular formula is C20H26N2O3S. The molecule has 2 aromatic rings. The van der Waals surface area contributed by atoms with Crippen LogP contribution in [0.1, 0.15) is 40.1 Å². The number of aryl methyl sites for hydroxylation is 1. The first-order chi connectivity index (χ1) is 12.8. The number of amides is 1. The zero-order valence-electron chi connectivity index (χ0n) is 14.9. The molecule has 0 aromatic carbocycles. The van der Waals surface area contributed by atoms with Gasteiger partial charge < -0.3 is 19.7 Å². The first-order valence-electron chi connectivity index (χ1n) is 9.52. The smallest absolute Gasteiger partial charge is 0.254 e. The minimum absolute atomic E-state index is 0.00883. The second kappa shape index (κ2) is 7.94. The zero-order chi connectivity index (χ0) is 17.9. The van der Waals surface area contributed by atoms with Crippen LogP contribution in [0.2, 0.25) is 0 Å². The second-order valence-corrected chi connectivity index (χ2v) is 8.34. The van der Waals surface area contributed by atoms with Gasteiger partial charge in [-0.25, -0.2) is 0 Å². The summed E-state index contributed by atoms with van der Waals surface area (Å²) in [7, 11) is 0. The van der Waals surface area contributed by atoms with Crippen LogP contribution < -0.4 is 5.32 Å². The third kappa shape index (κ3) is 3.46. The highest BCUT2D eigenvalue weighted by Gasteiger charge is 2.29. The van der Waals surface area contributed by atoms with Gasteiger partial charge in [-0.2, -0.15) is 0 Å². The van der Waals surface area contributed by atoms with Crippen molar-refractivity contribution in [3.8, 4) is 5.00 Å². The van der Waals surface area contributed by atoms with Crippen LogP contribution in [0.5, 0.6) is 0 Å². The number of fused-ring (bicyclic) bond motifs is 1. The molecule has 0 spiro atoms. The van der Waals surface area contributed by atoms with Crippen LogP contribution in [0, 0.1) is 11.8 Å². The molecule has 1 fully saturated rings. The Labute approximate surface area is 158 Å². The Hall–Kier alpha value is -1.63. The lowest BCUT2D eigenvalue weighted by Gasteiger charge is -2.21. The minimum atomic E-state index is -0.00883. The Bertz CT molecular complexity index is 747. The van der Waals surface area contributed by atoms with Gasteiger partial charge in [0.25, 0.3) is 5.91 Å². The lowest BCUT2D eigenvalue weighted by molar-refractivity contribution is 0.0917. The van der Waals surface area contributed by atoms with E-state index >= 15 is 0 Å². The van der Waals surface area contributed by atoms with Gasteiger partial charge in [-0.1, -0.05) is 0 Å². The van der Waals surface area contributed by atoms with Crippen molar-refractivity contribution >= 4 is 17.2 Å². The maximum atomic E-state index is 13.1. The highest BCUT2D eigenvalue weighted by atomic mass is 32.1. The minimum Gasteiger partial charge on any atom is -0.396 e. The van der Waals surface area contributed by atoms with E-state index in [1.165, 1.54) is 16.9 Å². The number of aliphatic hydroxyl groups is 1. The van der Waals surface area contributed by atoms with Crippen molar-refractivity contribution in [2.75, 3.05) is 26.4 Å². The number of aromatic nitrogens is 1. The fourth-order valence-corrected chi connectivity index (χ4v) is 5.41. The number of carbonyl (C=O) groups excluding carboxylic acids is 1. The summed E-state index contributed by atoms with van der Waals surface area (Å²) in [6.45, 7) is 2.02. The molecule has 2 aliphatic rings. The molecule has 0 unspecified atom stereocenters. The van der Waals surface area contributed by atoms with Crippen molar-refractivity contribution in [3.05, 3.63) is 40.5 Å². The monoisotopic (exact) mass is 374 g/mol. The summed E-state index contributed by atoms with van der Waals surface area (Å²) in [5, 5.41) is 13.8. The molecule has 6 heteroatoms. The van der Waals surface area contributed by atoms with Crippen molar-refractivity contribution in [1.29, 1.82) is 0 Å². The van der Waals surface area contributed by atoms with Gasteiger partial charge in [0.1, 0.15) is 5.00 Å². The van der Waals surface area contributed by atoms with Gasteiger partial charge in [0.15, 0.2) is 0 Å². The molecular weight excluding hydrogens is 348 g/mol. The predicted octanol–water partition coefficient (Wildman–Crippen LogP) is 2.79. The number of rotatable bonds is 6. The quantitative estimate of drug-likeness (QED) is 0.817. The Balaban J connectivity index is 1.56. The Morgan fingerprint density at radius 3 is 2.88 bits per heavy atom. The summed E-state index contributed by atoms with van der Waals surface area (Å²) in [6.07, 6.45) is 9.36. The van der Waals surface area contributed by atoms with Crippen molar-refractivity contribution in [2.24, 2.45) is 11.8 Å². The van der Waals surface area contributed by atoms with Crippen molar-refractivity contribution in [3.63, 3.8) is 0 Å². The predicted molar refractivity (Wildman–Crippen MR) is 102 cm³/mol. The second-order valence-electron chi connectivity index (χ2n) is 7.26. The van der Waals surface area contributed by atoms with Crippen LogP contribution in [-0.2, 0) is 17.6 Å². The first kappa shape index (κ1) is 17.8. The highest BCUT2D eigenvalue weighted by molar-refractivity contribution is 7.15. The number of thiophene rings is 1. The van der Waals surface area contributed by atoms with Crippen LogP contribution in [0.15, 0.2) is 24.5 Å². The average molecular weight is 375 g/mol. The van der Waals surface area contributed by atoms with E-state index in [9.17, 15) is 9.90 Å². The van der Waals surface area contributed by atoms with E-state index < -0.39 is 0 Å². The third-order valence-corrected chi connectivity index (χ3v) is 6.91. The van der Waals surface area contributed by atoms with Crippen LogP contribution in [0.25, 0.3) is 5.00 Å². The fourth-order valence-electron chi connectivity index (χ4n) is 4.05. The fraction of sp³-hybridized carbons (Fsp3) is 0.550. The molecule has 26 heavy (non-hydrogen) atoms. The lowest BCUT2D eigenvalue weighted by atomic mass is 9.92. The van der Waals surface area contributed by atoms with Crippen LogP contribution >= 0.6 is 11.3 Å². The van der Waals surface area contributed by atoms with Gasteiger partial charge in [0.2, 0.25) is 0 Å².